The second kappa shape index (κ2) is 6.53. The molecule has 2 nitrogen and oxygen atoms in total. The Labute approximate surface area is 109 Å². The second-order valence-electron chi connectivity index (χ2n) is 4.52. The van der Waals surface area contributed by atoms with Gasteiger partial charge in [0.25, 0.3) is 0 Å². The minimum atomic E-state index is -0.128. The first-order chi connectivity index (χ1) is 8.09. The molecule has 0 fully saturated rings. The summed E-state index contributed by atoms with van der Waals surface area (Å²) in [5.41, 5.74) is 1.26. The molecule has 1 aromatic rings. The monoisotopic (exact) mass is 255 g/mol. The van der Waals surface area contributed by atoms with Crippen LogP contribution in [0.2, 0.25) is 0 Å². The number of hydrogen-bond acceptors (Lipinski definition) is 3. The van der Waals surface area contributed by atoms with Crippen molar-refractivity contribution in [3.63, 3.8) is 0 Å². The SMILES string of the molecule is CCNC(c1ccsc1C)C(C)(CC)OCC. The third kappa shape index (κ3) is 3.30. The van der Waals surface area contributed by atoms with Gasteiger partial charge in [0.05, 0.1) is 11.6 Å². The molecule has 0 spiro atoms. The predicted molar refractivity (Wildman–Crippen MR) is 75.8 cm³/mol. The molecule has 0 aromatic carbocycles. The van der Waals surface area contributed by atoms with Crippen LogP contribution in [0.3, 0.4) is 0 Å². The summed E-state index contributed by atoms with van der Waals surface area (Å²) < 4.78 is 6.01. The molecule has 1 rings (SSSR count). The fourth-order valence-corrected chi connectivity index (χ4v) is 3.01. The van der Waals surface area contributed by atoms with Crippen LogP contribution in [0.15, 0.2) is 11.4 Å². The third-order valence-corrected chi connectivity index (χ3v) is 4.27. The highest BCUT2D eigenvalue weighted by molar-refractivity contribution is 7.10. The average molecular weight is 255 g/mol. The first kappa shape index (κ1) is 14.7. The number of aryl methyl sites for hydroxylation is 1. The Kier molecular flexibility index (Phi) is 5.63. The molecule has 0 radical (unpaired) electrons. The van der Waals surface area contributed by atoms with Crippen LogP contribution in [0.25, 0.3) is 0 Å². The van der Waals surface area contributed by atoms with Crippen molar-refractivity contribution in [3.8, 4) is 0 Å². The van der Waals surface area contributed by atoms with Gasteiger partial charge in [-0.1, -0.05) is 13.8 Å². The van der Waals surface area contributed by atoms with E-state index >= 15 is 0 Å². The number of ether oxygens (including phenoxy) is 1. The largest absolute Gasteiger partial charge is 0.374 e. The van der Waals surface area contributed by atoms with Crippen molar-refractivity contribution < 1.29 is 4.74 Å². The molecule has 2 unspecified atom stereocenters. The molecule has 17 heavy (non-hydrogen) atoms. The Bertz CT molecular complexity index is 337. The highest BCUT2D eigenvalue weighted by Gasteiger charge is 2.34. The van der Waals surface area contributed by atoms with Crippen molar-refractivity contribution in [1.29, 1.82) is 0 Å². The van der Waals surface area contributed by atoms with E-state index in [0.717, 1.165) is 19.6 Å². The Hall–Kier alpha value is -0.380. The number of thiophene rings is 1. The smallest absolute Gasteiger partial charge is 0.0845 e. The lowest BCUT2D eigenvalue weighted by Gasteiger charge is -2.37. The molecule has 1 N–H and O–H groups in total. The topological polar surface area (TPSA) is 21.3 Å². The van der Waals surface area contributed by atoms with Gasteiger partial charge in [0.15, 0.2) is 0 Å². The lowest BCUT2D eigenvalue weighted by molar-refractivity contribution is -0.0560. The molecule has 1 heterocycles. The minimum Gasteiger partial charge on any atom is -0.374 e. The molecule has 0 saturated carbocycles. The fourth-order valence-electron chi connectivity index (χ4n) is 2.27. The van der Waals surface area contributed by atoms with Gasteiger partial charge < -0.3 is 10.1 Å². The van der Waals surface area contributed by atoms with Crippen LogP contribution in [0, 0.1) is 6.92 Å². The average Bonchev–Trinajstić information content (AvgIpc) is 2.72. The van der Waals surface area contributed by atoms with E-state index in [9.17, 15) is 0 Å². The van der Waals surface area contributed by atoms with E-state index in [-0.39, 0.29) is 11.6 Å². The fraction of sp³-hybridized carbons (Fsp3) is 0.714. The van der Waals surface area contributed by atoms with E-state index in [2.05, 4.69) is 51.4 Å². The third-order valence-electron chi connectivity index (χ3n) is 3.40. The Balaban J connectivity index is 3.03. The van der Waals surface area contributed by atoms with E-state index in [0.29, 0.717) is 0 Å². The second-order valence-corrected chi connectivity index (χ2v) is 5.64. The Morgan fingerprint density at radius 2 is 2.12 bits per heavy atom. The van der Waals surface area contributed by atoms with Crippen LogP contribution in [0.1, 0.15) is 50.6 Å². The maximum Gasteiger partial charge on any atom is 0.0845 e. The van der Waals surface area contributed by atoms with Gasteiger partial charge in [0, 0.05) is 11.5 Å². The van der Waals surface area contributed by atoms with Gasteiger partial charge in [0.1, 0.15) is 0 Å². The maximum absolute atomic E-state index is 6.01. The van der Waals surface area contributed by atoms with Gasteiger partial charge in [0.2, 0.25) is 0 Å². The molecular weight excluding hydrogens is 230 g/mol. The van der Waals surface area contributed by atoms with Crippen LogP contribution < -0.4 is 5.32 Å². The minimum absolute atomic E-state index is 0.128. The van der Waals surface area contributed by atoms with Crippen LogP contribution >= 0.6 is 11.3 Å². The molecule has 98 valence electrons. The van der Waals surface area contributed by atoms with Crippen molar-refractivity contribution in [1.82, 2.24) is 5.32 Å². The summed E-state index contributed by atoms with van der Waals surface area (Å²) in [4.78, 5) is 1.38. The number of nitrogens with one attached hydrogen (secondary N) is 1. The molecule has 0 amide bonds. The summed E-state index contributed by atoms with van der Waals surface area (Å²) in [5.74, 6) is 0. The molecule has 2 atom stereocenters. The quantitative estimate of drug-likeness (QED) is 0.797. The molecule has 3 heteroatoms. The van der Waals surface area contributed by atoms with Crippen molar-refractivity contribution in [2.75, 3.05) is 13.2 Å². The molecule has 1 aromatic heterocycles. The molecular formula is C14H25NOS. The molecule has 0 bridgehead atoms. The van der Waals surface area contributed by atoms with E-state index in [1.807, 2.05) is 11.3 Å². The zero-order valence-electron chi connectivity index (χ0n) is 11.7. The molecule has 0 aliphatic rings. The van der Waals surface area contributed by atoms with E-state index < -0.39 is 0 Å². The van der Waals surface area contributed by atoms with E-state index in [1.54, 1.807) is 0 Å². The van der Waals surface area contributed by atoms with Gasteiger partial charge >= 0.3 is 0 Å². The van der Waals surface area contributed by atoms with Crippen LogP contribution in [0.5, 0.6) is 0 Å². The Morgan fingerprint density at radius 1 is 1.41 bits per heavy atom. The Morgan fingerprint density at radius 3 is 2.53 bits per heavy atom. The van der Waals surface area contributed by atoms with Gasteiger partial charge in [-0.05, 0) is 50.7 Å². The molecule has 0 aliphatic heterocycles. The zero-order valence-corrected chi connectivity index (χ0v) is 12.5. The van der Waals surface area contributed by atoms with Crippen LogP contribution in [0.4, 0.5) is 0 Å². The molecule has 0 aliphatic carbocycles. The molecule has 0 saturated heterocycles. The summed E-state index contributed by atoms with van der Waals surface area (Å²) in [6.45, 7) is 12.5. The zero-order chi connectivity index (χ0) is 12.9. The summed E-state index contributed by atoms with van der Waals surface area (Å²) in [5, 5.41) is 5.75. The van der Waals surface area contributed by atoms with Gasteiger partial charge in [-0.15, -0.1) is 11.3 Å². The first-order valence-corrected chi connectivity index (χ1v) is 7.38. The van der Waals surface area contributed by atoms with Crippen molar-refractivity contribution in [2.24, 2.45) is 0 Å². The summed E-state index contributed by atoms with van der Waals surface area (Å²) in [6, 6.07) is 2.50. The number of likely N-dealkylation sites (N-methyl/N-ethyl adjacent to an activating group) is 1. The van der Waals surface area contributed by atoms with Crippen molar-refractivity contribution >= 4 is 11.3 Å². The number of rotatable bonds is 7. The van der Waals surface area contributed by atoms with Gasteiger partial charge in [-0.3, -0.25) is 0 Å². The normalized spacial score (nSPS) is 16.8. The van der Waals surface area contributed by atoms with E-state index in [1.165, 1.54) is 10.4 Å². The predicted octanol–water partition coefficient (Wildman–Crippen LogP) is 3.91. The lowest BCUT2D eigenvalue weighted by atomic mass is 9.87. The van der Waals surface area contributed by atoms with E-state index in [4.69, 9.17) is 4.74 Å². The lowest BCUT2D eigenvalue weighted by Crippen LogP contribution is -2.43. The highest BCUT2D eigenvalue weighted by Crippen LogP contribution is 2.35. The van der Waals surface area contributed by atoms with Crippen LogP contribution in [-0.4, -0.2) is 18.8 Å². The standard InChI is InChI=1S/C14H25NOS/c1-6-14(5,16-8-3)13(15-7-2)12-9-10-17-11(12)4/h9-10,13,15H,6-8H2,1-5H3. The summed E-state index contributed by atoms with van der Waals surface area (Å²) >= 11 is 1.81. The number of hydrogen-bond donors (Lipinski definition) is 1. The summed E-state index contributed by atoms with van der Waals surface area (Å²) in [6.07, 6.45) is 1.01. The maximum atomic E-state index is 6.01. The van der Waals surface area contributed by atoms with Gasteiger partial charge in [-0.25, -0.2) is 0 Å². The first-order valence-electron chi connectivity index (χ1n) is 6.50. The van der Waals surface area contributed by atoms with Crippen molar-refractivity contribution in [3.05, 3.63) is 21.9 Å². The van der Waals surface area contributed by atoms with Gasteiger partial charge in [-0.2, -0.15) is 0 Å². The highest BCUT2D eigenvalue weighted by atomic mass is 32.1. The summed E-state index contributed by atoms with van der Waals surface area (Å²) in [7, 11) is 0. The van der Waals surface area contributed by atoms with Crippen molar-refractivity contribution in [2.45, 2.75) is 52.7 Å². The van der Waals surface area contributed by atoms with Crippen LogP contribution in [-0.2, 0) is 4.74 Å².